The molecular weight excluding hydrogens is 254 g/mol. The number of aromatic nitrogens is 3. The molecule has 2 rings (SSSR count). The Bertz CT molecular complexity index is 423. The third-order valence-corrected chi connectivity index (χ3v) is 4.01. The van der Waals surface area contributed by atoms with Crippen molar-refractivity contribution in [1.29, 1.82) is 0 Å². The predicted octanol–water partition coefficient (Wildman–Crippen LogP) is 1.33. The van der Waals surface area contributed by atoms with E-state index in [0.29, 0.717) is 18.8 Å². The standard InChI is InChI=1S/C14H25N5O/c1-2-3-11-4-6-12(7-5-11)16-14(20)13-10-19(9-8-15)18-17-13/h10-12H,2-9,15H2,1H3,(H,16,20). The molecule has 1 amide bonds. The molecule has 1 aromatic rings. The minimum Gasteiger partial charge on any atom is -0.348 e. The summed E-state index contributed by atoms with van der Waals surface area (Å²) in [4.78, 5) is 12.1. The van der Waals surface area contributed by atoms with E-state index in [-0.39, 0.29) is 11.9 Å². The summed E-state index contributed by atoms with van der Waals surface area (Å²) in [7, 11) is 0. The molecule has 0 aromatic carbocycles. The summed E-state index contributed by atoms with van der Waals surface area (Å²) in [5, 5.41) is 10.8. The summed E-state index contributed by atoms with van der Waals surface area (Å²) in [5.74, 6) is 0.728. The van der Waals surface area contributed by atoms with Gasteiger partial charge in [-0.3, -0.25) is 9.48 Å². The van der Waals surface area contributed by atoms with Crippen LogP contribution in [0.2, 0.25) is 0 Å². The van der Waals surface area contributed by atoms with Crippen LogP contribution in [0.3, 0.4) is 0 Å². The second-order valence-electron chi connectivity index (χ2n) is 5.64. The normalized spacial score (nSPS) is 22.7. The second kappa shape index (κ2) is 7.38. The maximum absolute atomic E-state index is 12.1. The molecule has 0 atom stereocenters. The average Bonchev–Trinajstić information content (AvgIpc) is 2.90. The molecule has 0 radical (unpaired) electrons. The predicted molar refractivity (Wildman–Crippen MR) is 77.2 cm³/mol. The van der Waals surface area contributed by atoms with E-state index in [1.807, 2.05) is 0 Å². The van der Waals surface area contributed by atoms with E-state index in [0.717, 1.165) is 18.8 Å². The van der Waals surface area contributed by atoms with E-state index in [9.17, 15) is 4.79 Å². The number of carbonyl (C=O) groups is 1. The highest BCUT2D eigenvalue weighted by Crippen LogP contribution is 2.27. The van der Waals surface area contributed by atoms with E-state index in [2.05, 4.69) is 22.6 Å². The van der Waals surface area contributed by atoms with E-state index >= 15 is 0 Å². The van der Waals surface area contributed by atoms with Crippen LogP contribution in [0.1, 0.15) is 55.9 Å². The van der Waals surface area contributed by atoms with Crippen LogP contribution in [0.5, 0.6) is 0 Å². The molecule has 112 valence electrons. The van der Waals surface area contributed by atoms with Crippen LogP contribution in [-0.2, 0) is 6.54 Å². The number of rotatable bonds is 6. The van der Waals surface area contributed by atoms with Gasteiger partial charge in [-0.15, -0.1) is 5.10 Å². The van der Waals surface area contributed by atoms with Gasteiger partial charge in [0.05, 0.1) is 12.7 Å². The first kappa shape index (κ1) is 15.0. The molecule has 0 bridgehead atoms. The van der Waals surface area contributed by atoms with Crippen LogP contribution < -0.4 is 11.1 Å². The van der Waals surface area contributed by atoms with Crippen molar-refractivity contribution < 1.29 is 4.79 Å². The lowest BCUT2D eigenvalue weighted by molar-refractivity contribution is 0.0916. The van der Waals surface area contributed by atoms with Crippen molar-refractivity contribution in [1.82, 2.24) is 20.3 Å². The summed E-state index contributed by atoms with van der Waals surface area (Å²) in [6.07, 6.45) is 8.82. The highest BCUT2D eigenvalue weighted by Gasteiger charge is 2.23. The molecule has 6 nitrogen and oxygen atoms in total. The number of nitrogens with one attached hydrogen (secondary N) is 1. The summed E-state index contributed by atoms with van der Waals surface area (Å²) >= 11 is 0. The van der Waals surface area contributed by atoms with E-state index in [4.69, 9.17) is 5.73 Å². The zero-order chi connectivity index (χ0) is 14.4. The zero-order valence-corrected chi connectivity index (χ0v) is 12.2. The Labute approximate surface area is 120 Å². The Morgan fingerprint density at radius 1 is 1.45 bits per heavy atom. The molecular formula is C14H25N5O. The largest absolute Gasteiger partial charge is 0.348 e. The van der Waals surface area contributed by atoms with Crippen molar-refractivity contribution >= 4 is 5.91 Å². The molecule has 1 fully saturated rings. The Hall–Kier alpha value is -1.43. The molecule has 1 aliphatic carbocycles. The van der Waals surface area contributed by atoms with Gasteiger partial charge in [0.2, 0.25) is 0 Å². The first-order chi connectivity index (χ1) is 9.72. The highest BCUT2D eigenvalue weighted by atomic mass is 16.2. The Morgan fingerprint density at radius 3 is 2.85 bits per heavy atom. The van der Waals surface area contributed by atoms with Crippen molar-refractivity contribution in [2.24, 2.45) is 11.7 Å². The maximum Gasteiger partial charge on any atom is 0.273 e. The van der Waals surface area contributed by atoms with Crippen molar-refractivity contribution in [2.75, 3.05) is 6.54 Å². The summed E-state index contributed by atoms with van der Waals surface area (Å²) < 4.78 is 1.60. The van der Waals surface area contributed by atoms with Crippen LogP contribution in [-0.4, -0.2) is 33.5 Å². The number of carbonyl (C=O) groups excluding carboxylic acids is 1. The first-order valence-electron chi connectivity index (χ1n) is 7.64. The molecule has 0 saturated heterocycles. The van der Waals surface area contributed by atoms with E-state index < -0.39 is 0 Å². The molecule has 0 aliphatic heterocycles. The Kier molecular flexibility index (Phi) is 5.52. The van der Waals surface area contributed by atoms with Crippen molar-refractivity contribution in [3.05, 3.63) is 11.9 Å². The maximum atomic E-state index is 12.1. The number of hydrogen-bond acceptors (Lipinski definition) is 4. The minimum absolute atomic E-state index is 0.118. The van der Waals surface area contributed by atoms with Gasteiger partial charge in [0.1, 0.15) is 0 Å². The second-order valence-corrected chi connectivity index (χ2v) is 5.64. The summed E-state index contributed by atoms with van der Waals surface area (Å²) in [6, 6.07) is 0.287. The van der Waals surface area contributed by atoms with Crippen molar-refractivity contribution in [3.8, 4) is 0 Å². The zero-order valence-electron chi connectivity index (χ0n) is 12.2. The summed E-state index contributed by atoms with van der Waals surface area (Å²) in [6.45, 7) is 3.31. The lowest BCUT2D eigenvalue weighted by Crippen LogP contribution is -2.37. The third-order valence-electron chi connectivity index (χ3n) is 4.01. The fourth-order valence-electron chi connectivity index (χ4n) is 2.91. The van der Waals surface area contributed by atoms with Crippen LogP contribution in [0.25, 0.3) is 0 Å². The number of amides is 1. The molecule has 0 unspecified atom stereocenters. The lowest BCUT2D eigenvalue weighted by Gasteiger charge is -2.28. The third kappa shape index (κ3) is 4.03. The van der Waals surface area contributed by atoms with E-state index in [1.165, 1.54) is 25.7 Å². The van der Waals surface area contributed by atoms with Crippen LogP contribution in [0.15, 0.2) is 6.20 Å². The Morgan fingerprint density at radius 2 is 2.20 bits per heavy atom. The summed E-state index contributed by atoms with van der Waals surface area (Å²) in [5.41, 5.74) is 5.83. The van der Waals surface area contributed by atoms with Gasteiger partial charge in [-0.1, -0.05) is 25.0 Å². The van der Waals surface area contributed by atoms with Gasteiger partial charge in [0, 0.05) is 12.6 Å². The Balaban J connectivity index is 1.79. The van der Waals surface area contributed by atoms with Gasteiger partial charge in [-0.25, -0.2) is 0 Å². The van der Waals surface area contributed by atoms with E-state index in [1.54, 1.807) is 10.9 Å². The molecule has 0 spiro atoms. The molecule has 20 heavy (non-hydrogen) atoms. The molecule has 3 N–H and O–H groups in total. The van der Waals surface area contributed by atoms with Gasteiger partial charge in [0.15, 0.2) is 5.69 Å². The lowest BCUT2D eigenvalue weighted by atomic mass is 9.83. The van der Waals surface area contributed by atoms with Crippen LogP contribution in [0.4, 0.5) is 0 Å². The van der Waals surface area contributed by atoms with Gasteiger partial charge in [-0.2, -0.15) is 0 Å². The number of hydrogen-bond donors (Lipinski definition) is 2. The van der Waals surface area contributed by atoms with Crippen molar-refractivity contribution in [3.63, 3.8) is 0 Å². The average molecular weight is 279 g/mol. The molecule has 1 aliphatic rings. The minimum atomic E-state index is -0.118. The number of nitrogens with zero attached hydrogens (tertiary/aromatic N) is 3. The fraction of sp³-hybridized carbons (Fsp3) is 0.786. The quantitative estimate of drug-likeness (QED) is 0.822. The molecule has 6 heteroatoms. The molecule has 1 heterocycles. The van der Waals surface area contributed by atoms with Crippen LogP contribution in [0, 0.1) is 5.92 Å². The molecule has 1 saturated carbocycles. The monoisotopic (exact) mass is 279 g/mol. The van der Waals surface area contributed by atoms with Crippen LogP contribution >= 0.6 is 0 Å². The smallest absolute Gasteiger partial charge is 0.273 e. The molecule has 1 aromatic heterocycles. The first-order valence-corrected chi connectivity index (χ1v) is 7.64. The van der Waals surface area contributed by atoms with Gasteiger partial charge in [0.25, 0.3) is 5.91 Å². The van der Waals surface area contributed by atoms with Gasteiger partial charge < -0.3 is 11.1 Å². The highest BCUT2D eigenvalue weighted by molar-refractivity contribution is 5.92. The number of nitrogens with two attached hydrogens (primary N) is 1. The fourth-order valence-corrected chi connectivity index (χ4v) is 2.91. The van der Waals surface area contributed by atoms with Gasteiger partial charge >= 0.3 is 0 Å². The van der Waals surface area contributed by atoms with Gasteiger partial charge in [-0.05, 0) is 31.6 Å². The topological polar surface area (TPSA) is 85.8 Å². The SMILES string of the molecule is CCCC1CCC(NC(=O)c2cn(CCN)nn2)CC1. The van der Waals surface area contributed by atoms with Crippen molar-refractivity contribution in [2.45, 2.75) is 58.0 Å².